The fourth-order valence-corrected chi connectivity index (χ4v) is 2.05. The lowest BCUT2D eigenvalue weighted by molar-refractivity contribution is 0.206. The summed E-state index contributed by atoms with van der Waals surface area (Å²) < 4.78 is 14.1. The zero-order chi connectivity index (χ0) is 10.9. The van der Waals surface area contributed by atoms with Gasteiger partial charge in [-0.15, -0.1) is 0 Å². The maximum Gasteiger partial charge on any atom is 0.148 e. The molecule has 0 aliphatic heterocycles. The fraction of sp³-hybridized carbons (Fsp3) is 0.333. The largest absolute Gasteiger partial charge is 0.394 e. The van der Waals surface area contributed by atoms with Crippen LogP contribution in [0, 0.1) is 5.82 Å². The van der Waals surface area contributed by atoms with E-state index in [0.29, 0.717) is 4.47 Å². The van der Waals surface area contributed by atoms with Gasteiger partial charge in [0, 0.05) is 10.0 Å². The highest BCUT2D eigenvalue weighted by molar-refractivity contribution is 9.10. The van der Waals surface area contributed by atoms with E-state index in [1.807, 2.05) is 0 Å². The van der Waals surface area contributed by atoms with Gasteiger partial charge in [-0.1, -0.05) is 27.5 Å². The summed E-state index contributed by atoms with van der Waals surface area (Å²) in [6.07, 6.45) is 0. The summed E-state index contributed by atoms with van der Waals surface area (Å²) in [5.41, 5.74) is 4.77. The SMILES string of the molecule is CC(N)(CO)c1c(Br)ccc(Cl)c1F. The van der Waals surface area contributed by atoms with Crippen LogP contribution in [0.5, 0.6) is 0 Å². The van der Waals surface area contributed by atoms with E-state index in [-0.39, 0.29) is 17.2 Å². The Balaban J connectivity index is 3.40. The summed E-state index contributed by atoms with van der Waals surface area (Å²) in [5.74, 6) is -0.597. The molecule has 0 amide bonds. The van der Waals surface area contributed by atoms with Crippen molar-refractivity contribution in [3.63, 3.8) is 0 Å². The van der Waals surface area contributed by atoms with Crippen molar-refractivity contribution in [3.8, 4) is 0 Å². The number of rotatable bonds is 2. The lowest BCUT2D eigenvalue weighted by Crippen LogP contribution is -2.38. The third-order valence-corrected chi connectivity index (χ3v) is 2.90. The van der Waals surface area contributed by atoms with Gasteiger partial charge in [0.2, 0.25) is 0 Å². The van der Waals surface area contributed by atoms with Crippen molar-refractivity contribution in [2.24, 2.45) is 5.73 Å². The fourth-order valence-electron chi connectivity index (χ4n) is 1.13. The van der Waals surface area contributed by atoms with Crippen LogP contribution in [0.25, 0.3) is 0 Å². The number of aliphatic hydroxyl groups is 1. The van der Waals surface area contributed by atoms with Crippen LogP contribution in [0.1, 0.15) is 12.5 Å². The molecule has 1 aromatic carbocycles. The molecule has 0 aliphatic rings. The van der Waals surface area contributed by atoms with E-state index in [9.17, 15) is 4.39 Å². The maximum absolute atomic E-state index is 13.6. The minimum absolute atomic E-state index is 0.00618. The predicted octanol–water partition coefficient (Wildman–Crippen LogP) is 2.41. The smallest absolute Gasteiger partial charge is 0.148 e. The Labute approximate surface area is 95.0 Å². The zero-order valence-corrected chi connectivity index (χ0v) is 9.86. The van der Waals surface area contributed by atoms with Crippen molar-refractivity contribution in [1.29, 1.82) is 0 Å². The second kappa shape index (κ2) is 4.14. The summed E-state index contributed by atoms with van der Waals surface area (Å²) in [6.45, 7) is 1.18. The predicted molar refractivity (Wildman–Crippen MR) is 57.7 cm³/mol. The Hall–Kier alpha value is -0.160. The first-order valence-corrected chi connectivity index (χ1v) is 5.11. The maximum atomic E-state index is 13.6. The van der Waals surface area contributed by atoms with E-state index < -0.39 is 11.4 Å². The van der Waals surface area contributed by atoms with Crippen molar-refractivity contribution in [3.05, 3.63) is 33.0 Å². The Morgan fingerprint density at radius 1 is 1.64 bits per heavy atom. The van der Waals surface area contributed by atoms with Crippen LogP contribution in [0.15, 0.2) is 16.6 Å². The lowest BCUT2D eigenvalue weighted by Gasteiger charge is -2.24. The Bertz CT molecular complexity index is 357. The van der Waals surface area contributed by atoms with Crippen molar-refractivity contribution >= 4 is 27.5 Å². The van der Waals surface area contributed by atoms with Gasteiger partial charge in [-0.05, 0) is 19.1 Å². The van der Waals surface area contributed by atoms with Gasteiger partial charge in [0.05, 0.1) is 17.2 Å². The average molecular weight is 283 g/mol. The Morgan fingerprint density at radius 2 is 2.21 bits per heavy atom. The Kier molecular flexibility index (Phi) is 3.53. The van der Waals surface area contributed by atoms with Gasteiger partial charge >= 0.3 is 0 Å². The highest BCUT2D eigenvalue weighted by Gasteiger charge is 2.27. The second-order valence-corrected chi connectivity index (χ2v) is 4.56. The summed E-state index contributed by atoms with van der Waals surface area (Å²) in [6, 6.07) is 3.03. The minimum Gasteiger partial charge on any atom is -0.394 e. The number of nitrogens with two attached hydrogens (primary N) is 1. The van der Waals surface area contributed by atoms with Crippen molar-refractivity contribution in [1.82, 2.24) is 0 Å². The van der Waals surface area contributed by atoms with E-state index in [4.69, 9.17) is 22.4 Å². The van der Waals surface area contributed by atoms with Crippen LogP contribution in [0.2, 0.25) is 5.02 Å². The van der Waals surface area contributed by atoms with Crippen LogP contribution in [0.4, 0.5) is 4.39 Å². The molecule has 1 atom stereocenters. The summed E-state index contributed by atoms with van der Waals surface area (Å²) in [7, 11) is 0. The standard InChI is InChI=1S/C9H10BrClFNO/c1-9(13,4-14)7-5(10)2-3-6(11)8(7)12/h2-3,14H,4,13H2,1H3. The third kappa shape index (κ3) is 2.08. The molecule has 14 heavy (non-hydrogen) atoms. The molecule has 1 aromatic rings. The number of hydrogen-bond donors (Lipinski definition) is 2. The molecule has 3 N–H and O–H groups in total. The van der Waals surface area contributed by atoms with Crippen molar-refractivity contribution < 1.29 is 9.50 Å². The van der Waals surface area contributed by atoms with Crippen molar-refractivity contribution in [2.45, 2.75) is 12.5 Å². The van der Waals surface area contributed by atoms with Gasteiger partial charge in [0.25, 0.3) is 0 Å². The van der Waals surface area contributed by atoms with Gasteiger partial charge in [-0.2, -0.15) is 0 Å². The monoisotopic (exact) mass is 281 g/mol. The molecule has 0 aliphatic carbocycles. The van der Waals surface area contributed by atoms with Gasteiger partial charge in [0.15, 0.2) is 0 Å². The molecule has 0 fully saturated rings. The Morgan fingerprint density at radius 3 is 2.71 bits per heavy atom. The van der Waals surface area contributed by atoms with Crippen LogP contribution >= 0.6 is 27.5 Å². The van der Waals surface area contributed by atoms with E-state index in [0.717, 1.165) is 0 Å². The molecule has 78 valence electrons. The number of halogens is 3. The molecule has 0 spiro atoms. The summed E-state index contributed by atoms with van der Waals surface area (Å²) >= 11 is 8.78. The number of benzene rings is 1. The molecule has 0 aromatic heterocycles. The summed E-state index contributed by atoms with van der Waals surface area (Å²) in [5, 5.41) is 9.03. The van der Waals surface area contributed by atoms with Gasteiger partial charge in [-0.25, -0.2) is 4.39 Å². The first-order valence-electron chi connectivity index (χ1n) is 3.94. The highest BCUT2D eigenvalue weighted by Crippen LogP contribution is 2.32. The van der Waals surface area contributed by atoms with Crippen molar-refractivity contribution in [2.75, 3.05) is 6.61 Å². The molecule has 2 nitrogen and oxygen atoms in total. The van der Waals surface area contributed by atoms with Gasteiger partial charge in [0.1, 0.15) is 5.82 Å². The molecular formula is C9H10BrClFNO. The molecule has 0 saturated carbocycles. The molecule has 0 bridgehead atoms. The normalized spacial score (nSPS) is 15.3. The van der Waals surface area contributed by atoms with Gasteiger partial charge in [-0.3, -0.25) is 0 Å². The van der Waals surface area contributed by atoms with Crippen LogP contribution in [0.3, 0.4) is 0 Å². The second-order valence-electron chi connectivity index (χ2n) is 3.29. The van der Waals surface area contributed by atoms with E-state index in [1.54, 1.807) is 6.07 Å². The molecule has 0 saturated heterocycles. The van der Waals surface area contributed by atoms with Crippen LogP contribution in [-0.4, -0.2) is 11.7 Å². The minimum atomic E-state index is -1.15. The molecule has 1 rings (SSSR count). The first-order chi connectivity index (χ1) is 6.40. The van der Waals surface area contributed by atoms with Gasteiger partial charge < -0.3 is 10.8 Å². The van der Waals surface area contributed by atoms with E-state index in [1.165, 1.54) is 13.0 Å². The van der Waals surface area contributed by atoms with Crippen LogP contribution < -0.4 is 5.73 Å². The molecule has 1 unspecified atom stereocenters. The number of hydrogen-bond acceptors (Lipinski definition) is 2. The number of aliphatic hydroxyl groups excluding tert-OH is 1. The summed E-state index contributed by atoms with van der Waals surface area (Å²) in [4.78, 5) is 0. The topological polar surface area (TPSA) is 46.2 Å². The molecule has 5 heteroatoms. The lowest BCUT2D eigenvalue weighted by atomic mass is 9.94. The third-order valence-electron chi connectivity index (χ3n) is 1.94. The van der Waals surface area contributed by atoms with E-state index in [2.05, 4.69) is 15.9 Å². The average Bonchev–Trinajstić information content (AvgIpc) is 2.12. The zero-order valence-electron chi connectivity index (χ0n) is 7.52. The molecular weight excluding hydrogens is 272 g/mol. The quantitative estimate of drug-likeness (QED) is 0.818. The first kappa shape index (κ1) is 11.9. The van der Waals surface area contributed by atoms with Crippen LogP contribution in [-0.2, 0) is 5.54 Å². The van der Waals surface area contributed by atoms with E-state index >= 15 is 0 Å². The highest BCUT2D eigenvalue weighted by atomic mass is 79.9. The molecule has 0 radical (unpaired) electrons. The molecule has 0 heterocycles.